The van der Waals surface area contributed by atoms with Crippen LogP contribution in [0.15, 0.2) is 60.7 Å². The molecule has 0 radical (unpaired) electrons. The van der Waals surface area contributed by atoms with Crippen LogP contribution in [-0.2, 0) is 14.0 Å². The molecule has 0 aromatic heterocycles. The van der Waals surface area contributed by atoms with E-state index >= 15 is 0 Å². The van der Waals surface area contributed by atoms with Crippen LogP contribution in [0.25, 0.3) is 0 Å². The third-order valence-corrected chi connectivity index (χ3v) is 7.22. The van der Waals surface area contributed by atoms with Crippen molar-refractivity contribution in [3.63, 3.8) is 0 Å². The van der Waals surface area contributed by atoms with Gasteiger partial charge in [0.25, 0.3) is 0 Å². The minimum absolute atomic E-state index is 0.220. The molecule has 0 spiro atoms. The lowest BCUT2D eigenvalue weighted by atomic mass is 10.4. The largest absolute Gasteiger partial charge is 0.382 e. The van der Waals surface area contributed by atoms with Gasteiger partial charge in [0, 0.05) is 10.6 Å². The molecule has 1 saturated heterocycles. The van der Waals surface area contributed by atoms with Gasteiger partial charge in [0.05, 0.1) is 6.61 Å². The van der Waals surface area contributed by atoms with Crippen molar-refractivity contribution in [3.8, 4) is 0 Å². The fourth-order valence-electron chi connectivity index (χ4n) is 2.85. The van der Waals surface area contributed by atoms with Crippen LogP contribution in [0, 0.1) is 0 Å². The molecule has 0 bridgehead atoms. The van der Waals surface area contributed by atoms with Crippen molar-refractivity contribution in [2.24, 2.45) is 0 Å². The average molecular weight is 332 g/mol. The predicted octanol–water partition coefficient (Wildman–Crippen LogP) is 2.47. The second-order valence-electron chi connectivity index (χ2n) is 6.11. The van der Waals surface area contributed by atoms with E-state index in [9.17, 15) is 9.67 Å². The summed E-state index contributed by atoms with van der Waals surface area (Å²) in [6, 6.07) is 18.2. The van der Waals surface area contributed by atoms with Gasteiger partial charge in [-0.2, -0.15) is 0 Å². The molecule has 1 fully saturated rings. The molecule has 2 aromatic carbocycles. The summed E-state index contributed by atoms with van der Waals surface area (Å²) in [5, 5.41) is 12.2. The summed E-state index contributed by atoms with van der Waals surface area (Å²) in [6.07, 6.45) is -0.628. The van der Waals surface area contributed by atoms with Crippen molar-refractivity contribution < 1.29 is 19.1 Å². The average Bonchev–Trinajstić information content (AvgIpc) is 2.95. The number of hydrogen-bond acceptors (Lipinski definition) is 4. The van der Waals surface area contributed by atoms with E-state index in [2.05, 4.69) is 0 Å². The van der Waals surface area contributed by atoms with Gasteiger partial charge < -0.3 is 19.1 Å². The van der Waals surface area contributed by atoms with Gasteiger partial charge in [-0.3, -0.25) is 0 Å². The first-order valence-electron chi connectivity index (χ1n) is 7.64. The molecule has 2 aromatic rings. The Hall–Kier alpha value is -1.45. The SMILES string of the molecule is CC1(C)OC[C@H]([C@@H](O)P(=O)(c2ccccc2)c2ccccc2)O1. The lowest BCUT2D eigenvalue weighted by molar-refractivity contribution is -0.145. The smallest absolute Gasteiger partial charge is 0.172 e. The fraction of sp³-hybridized carbons (Fsp3) is 0.333. The van der Waals surface area contributed by atoms with Crippen molar-refractivity contribution in [2.45, 2.75) is 31.6 Å². The topological polar surface area (TPSA) is 55.8 Å². The minimum Gasteiger partial charge on any atom is -0.382 e. The summed E-state index contributed by atoms with van der Waals surface area (Å²) in [5.41, 5.74) is 0. The molecule has 1 aliphatic rings. The van der Waals surface area contributed by atoms with Crippen LogP contribution in [0.1, 0.15) is 13.8 Å². The highest BCUT2D eigenvalue weighted by molar-refractivity contribution is 7.79. The lowest BCUT2D eigenvalue weighted by Gasteiger charge is -2.28. The van der Waals surface area contributed by atoms with Gasteiger partial charge in [0.1, 0.15) is 11.9 Å². The van der Waals surface area contributed by atoms with Crippen LogP contribution in [0.4, 0.5) is 0 Å². The Labute approximate surface area is 136 Å². The maximum atomic E-state index is 13.9. The first-order valence-corrected chi connectivity index (χ1v) is 9.42. The maximum Gasteiger partial charge on any atom is 0.172 e. The van der Waals surface area contributed by atoms with Gasteiger partial charge in [-0.15, -0.1) is 0 Å². The monoisotopic (exact) mass is 332 g/mol. The first-order chi connectivity index (χ1) is 10.9. The van der Waals surface area contributed by atoms with Gasteiger partial charge in [-0.25, -0.2) is 0 Å². The quantitative estimate of drug-likeness (QED) is 0.874. The van der Waals surface area contributed by atoms with E-state index < -0.39 is 24.9 Å². The van der Waals surface area contributed by atoms with Gasteiger partial charge in [-0.1, -0.05) is 60.7 Å². The van der Waals surface area contributed by atoms with E-state index in [4.69, 9.17) is 9.47 Å². The molecule has 5 heteroatoms. The Morgan fingerprint density at radius 2 is 1.52 bits per heavy atom. The van der Waals surface area contributed by atoms with Crippen LogP contribution in [-0.4, -0.2) is 29.4 Å². The zero-order chi connectivity index (χ0) is 16.5. The van der Waals surface area contributed by atoms with Crippen LogP contribution in [0.5, 0.6) is 0 Å². The van der Waals surface area contributed by atoms with E-state index in [0.717, 1.165) is 0 Å². The van der Waals surface area contributed by atoms with Crippen molar-refractivity contribution in [1.82, 2.24) is 0 Å². The molecule has 122 valence electrons. The molecule has 1 N–H and O–H groups in total. The molecular weight excluding hydrogens is 311 g/mol. The van der Waals surface area contributed by atoms with E-state index in [1.165, 1.54) is 0 Å². The second-order valence-corrected chi connectivity index (χ2v) is 8.99. The normalized spacial score (nSPS) is 22.0. The number of benzene rings is 2. The van der Waals surface area contributed by atoms with Crippen molar-refractivity contribution >= 4 is 17.8 Å². The molecular formula is C18H21O4P. The van der Waals surface area contributed by atoms with Crippen LogP contribution in [0.2, 0.25) is 0 Å². The Morgan fingerprint density at radius 1 is 1.04 bits per heavy atom. The van der Waals surface area contributed by atoms with Gasteiger partial charge in [0.15, 0.2) is 12.9 Å². The molecule has 0 saturated carbocycles. The van der Waals surface area contributed by atoms with E-state index in [1.54, 1.807) is 38.1 Å². The van der Waals surface area contributed by atoms with Crippen LogP contribution in [0.3, 0.4) is 0 Å². The molecule has 23 heavy (non-hydrogen) atoms. The summed E-state index contributed by atoms with van der Waals surface area (Å²) in [5.74, 6) is -1.93. The Bertz CT molecular complexity index is 656. The zero-order valence-electron chi connectivity index (χ0n) is 13.3. The van der Waals surface area contributed by atoms with Crippen LogP contribution >= 0.6 is 7.14 Å². The molecule has 0 amide bonds. The Kier molecular flexibility index (Phi) is 4.43. The fourth-order valence-corrected chi connectivity index (χ4v) is 5.60. The third kappa shape index (κ3) is 3.13. The summed E-state index contributed by atoms with van der Waals surface area (Å²) in [4.78, 5) is 0. The van der Waals surface area contributed by atoms with E-state index in [-0.39, 0.29) is 6.61 Å². The van der Waals surface area contributed by atoms with Gasteiger partial charge in [-0.05, 0) is 13.8 Å². The zero-order valence-corrected chi connectivity index (χ0v) is 14.1. The molecule has 1 aliphatic heterocycles. The highest BCUT2D eigenvalue weighted by Gasteiger charge is 2.46. The highest BCUT2D eigenvalue weighted by atomic mass is 31.2. The number of aliphatic hydroxyl groups excluding tert-OH is 1. The number of rotatable bonds is 4. The lowest BCUT2D eigenvalue weighted by Crippen LogP contribution is -2.37. The number of hydrogen-bond donors (Lipinski definition) is 1. The molecule has 4 nitrogen and oxygen atoms in total. The van der Waals surface area contributed by atoms with E-state index in [1.807, 2.05) is 36.4 Å². The van der Waals surface area contributed by atoms with E-state index in [0.29, 0.717) is 10.6 Å². The number of ether oxygens (including phenoxy) is 2. The minimum atomic E-state index is -3.27. The van der Waals surface area contributed by atoms with Crippen molar-refractivity contribution in [3.05, 3.63) is 60.7 Å². The molecule has 0 unspecified atom stereocenters. The van der Waals surface area contributed by atoms with Crippen molar-refractivity contribution in [1.29, 1.82) is 0 Å². The first kappa shape index (κ1) is 16.4. The van der Waals surface area contributed by atoms with Crippen molar-refractivity contribution in [2.75, 3.05) is 6.61 Å². The molecule has 1 heterocycles. The standard InChI is InChI=1S/C18H21O4P/c1-18(2)21-13-16(22-18)17(19)23(20,14-9-5-3-6-10-14)15-11-7-4-8-12-15/h3-12,16-17,19H,13H2,1-2H3/t16-,17+/m1/s1. The summed E-state index contributed by atoms with van der Waals surface area (Å²) in [7, 11) is -3.27. The van der Waals surface area contributed by atoms with Gasteiger partial charge >= 0.3 is 0 Å². The molecule has 0 aliphatic carbocycles. The summed E-state index contributed by atoms with van der Waals surface area (Å²) >= 11 is 0. The molecule has 3 rings (SSSR count). The Morgan fingerprint density at radius 3 is 1.91 bits per heavy atom. The van der Waals surface area contributed by atoms with Gasteiger partial charge in [0.2, 0.25) is 0 Å². The number of aliphatic hydroxyl groups is 1. The maximum absolute atomic E-state index is 13.9. The van der Waals surface area contributed by atoms with Crippen LogP contribution < -0.4 is 10.6 Å². The predicted molar refractivity (Wildman–Crippen MR) is 90.7 cm³/mol. The summed E-state index contributed by atoms with van der Waals surface area (Å²) in [6.45, 7) is 3.79. The Balaban J connectivity index is 2.05. The molecule has 2 atom stereocenters. The highest BCUT2D eigenvalue weighted by Crippen LogP contribution is 2.50. The second kappa shape index (κ2) is 6.21. The third-order valence-electron chi connectivity index (χ3n) is 4.02. The summed E-state index contributed by atoms with van der Waals surface area (Å²) < 4.78 is 25.2.